The third-order valence-corrected chi connectivity index (χ3v) is 4.85. The number of carbonyl (C=O) groups is 1. The Kier molecular flexibility index (Phi) is 4.99. The molecule has 6 heteroatoms. The topological polar surface area (TPSA) is 54.5 Å². The molecule has 0 saturated carbocycles. The molecule has 112 valence electrons. The van der Waals surface area contributed by atoms with Gasteiger partial charge < -0.3 is 15.0 Å². The maximum atomic E-state index is 12.2. The van der Waals surface area contributed by atoms with Crippen molar-refractivity contribution in [2.45, 2.75) is 45.8 Å². The molecule has 2 rings (SSSR count). The van der Waals surface area contributed by atoms with Gasteiger partial charge in [0.15, 0.2) is 0 Å². The van der Waals surface area contributed by atoms with Crippen molar-refractivity contribution in [1.82, 2.24) is 15.2 Å². The zero-order chi connectivity index (χ0) is 14.6. The Labute approximate surface area is 124 Å². The molecule has 0 spiro atoms. The van der Waals surface area contributed by atoms with Crippen molar-refractivity contribution in [3.05, 3.63) is 16.1 Å². The largest absolute Gasteiger partial charge is 0.372 e. The third kappa shape index (κ3) is 3.70. The Bertz CT molecular complexity index is 463. The Morgan fingerprint density at radius 1 is 1.60 bits per heavy atom. The highest BCUT2D eigenvalue weighted by atomic mass is 32.1. The van der Waals surface area contributed by atoms with E-state index in [1.165, 1.54) is 4.88 Å². The molecular formula is C14H23N3O2S. The second-order valence-corrected chi connectivity index (χ2v) is 6.51. The molecule has 0 bridgehead atoms. The predicted octanol–water partition coefficient (Wildman–Crippen LogP) is 2.42. The highest BCUT2D eigenvalue weighted by Gasteiger charge is 2.32. The lowest BCUT2D eigenvalue weighted by molar-refractivity contribution is -0.0872. The van der Waals surface area contributed by atoms with Crippen LogP contribution >= 0.6 is 11.3 Å². The van der Waals surface area contributed by atoms with Gasteiger partial charge in [0.25, 0.3) is 0 Å². The summed E-state index contributed by atoms with van der Waals surface area (Å²) in [4.78, 5) is 19.6. The summed E-state index contributed by atoms with van der Waals surface area (Å²) < 4.78 is 5.74. The minimum Gasteiger partial charge on any atom is -0.372 e. The number of aryl methyl sites for hydroxylation is 1. The summed E-state index contributed by atoms with van der Waals surface area (Å²) in [5.41, 5.74) is -0.216. The summed E-state index contributed by atoms with van der Waals surface area (Å²) in [7, 11) is 0. The maximum absolute atomic E-state index is 12.2. The molecule has 1 aliphatic heterocycles. The lowest BCUT2D eigenvalue weighted by Crippen LogP contribution is -2.54. The van der Waals surface area contributed by atoms with E-state index in [9.17, 15) is 4.79 Å². The van der Waals surface area contributed by atoms with Gasteiger partial charge in [0.05, 0.1) is 25.3 Å². The minimum atomic E-state index is -0.216. The smallest absolute Gasteiger partial charge is 0.317 e. The van der Waals surface area contributed by atoms with Crippen molar-refractivity contribution in [3.63, 3.8) is 0 Å². The molecule has 5 nitrogen and oxygen atoms in total. The van der Waals surface area contributed by atoms with Crippen molar-refractivity contribution in [2.24, 2.45) is 0 Å². The number of thiazole rings is 1. The first-order chi connectivity index (χ1) is 9.56. The average Bonchev–Trinajstić information content (AvgIpc) is 2.93. The van der Waals surface area contributed by atoms with Gasteiger partial charge in [0, 0.05) is 17.6 Å². The monoisotopic (exact) mass is 297 g/mol. The summed E-state index contributed by atoms with van der Waals surface area (Å²) in [6.45, 7) is 8.66. The van der Waals surface area contributed by atoms with Crippen LogP contribution in [0.4, 0.5) is 4.79 Å². The van der Waals surface area contributed by atoms with Gasteiger partial charge in [-0.25, -0.2) is 9.78 Å². The summed E-state index contributed by atoms with van der Waals surface area (Å²) in [6, 6.07) is -0.0266. The van der Waals surface area contributed by atoms with Crippen molar-refractivity contribution in [1.29, 1.82) is 0 Å². The normalized spacial score (nSPS) is 22.9. The fourth-order valence-corrected chi connectivity index (χ4v) is 2.98. The van der Waals surface area contributed by atoms with E-state index in [2.05, 4.69) is 31.1 Å². The number of hydrogen-bond acceptors (Lipinski definition) is 4. The van der Waals surface area contributed by atoms with E-state index in [0.717, 1.165) is 17.8 Å². The Morgan fingerprint density at radius 3 is 3.05 bits per heavy atom. The lowest BCUT2D eigenvalue weighted by atomic mass is 10.0. The third-order valence-electron chi connectivity index (χ3n) is 3.71. The molecule has 1 atom stereocenters. The van der Waals surface area contributed by atoms with E-state index in [1.54, 1.807) is 11.3 Å². The van der Waals surface area contributed by atoms with Crippen LogP contribution in [0.3, 0.4) is 0 Å². The summed E-state index contributed by atoms with van der Waals surface area (Å²) >= 11 is 1.66. The van der Waals surface area contributed by atoms with E-state index in [4.69, 9.17) is 4.74 Å². The highest BCUT2D eigenvalue weighted by molar-refractivity contribution is 7.11. The van der Waals surface area contributed by atoms with Gasteiger partial charge in [-0.05, 0) is 19.8 Å². The molecule has 1 saturated heterocycles. The van der Waals surface area contributed by atoms with Crippen LogP contribution < -0.4 is 5.32 Å². The van der Waals surface area contributed by atoms with E-state index < -0.39 is 0 Å². The van der Waals surface area contributed by atoms with E-state index in [0.29, 0.717) is 26.2 Å². The summed E-state index contributed by atoms with van der Waals surface area (Å²) in [5, 5.41) is 3.91. The Hall–Kier alpha value is -1.14. The van der Waals surface area contributed by atoms with Gasteiger partial charge in [-0.2, -0.15) is 0 Å². The number of urea groups is 1. The maximum Gasteiger partial charge on any atom is 0.317 e. The van der Waals surface area contributed by atoms with Crippen LogP contribution in [-0.4, -0.2) is 41.2 Å². The number of aromatic nitrogens is 1. The molecule has 1 aromatic rings. The Morgan fingerprint density at radius 2 is 2.40 bits per heavy atom. The number of nitrogens with one attached hydrogen (secondary N) is 1. The Balaban J connectivity index is 1.85. The number of hydrogen-bond donors (Lipinski definition) is 1. The quantitative estimate of drug-likeness (QED) is 0.928. The minimum absolute atomic E-state index is 0.0266. The van der Waals surface area contributed by atoms with E-state index >= 15 is 0 Å². The average molecular weight is 297 g/mol. The van der Waals surface area contributed by atoms with Crippen LogP contribution in [-0.2, 0) is 17.7 Å². The number of nitrogens with zero attached hydrogens (tertiary/aromatic N) is 2. The molecule has 1 fully saturated rings. The zero-order valence-electron chi connectivity index (χ0n) is 12.4. The molecule has 1 aromatic heterocycles. The molecule has 1 aliphatic rings. The molecule has 20 heavy (non-hydrogen) atoms. The van der Waals surface area contributed by atoms with Gasteiger partial charge in [0.1, 0.15) is 5.01 Å². The zero-order valence-corrected chi connectivity index (χ0v) is 13.3. The lowest BCUT2D eigenvalue weighted by Gasteiger charge is -2.39. The molecule has 2 heterocycles. The van der Waals surface area contributed by atoms with Gasteiger partial charge in [0.2, 0.25) is 0 Å². The standard InChI is InChI=1S/C14H23N3O2S/c1-4-11-8-15-12(20-11)9-16-13(18)17-6-7-19-14(3,5-2)10-17/h8H,4-7,9-10H2,1-3H3,(H,16,18). The molecule has 1 N–H and O–H groups in total. The van der Waals surface area contributed by atoms with Crippen LogP contribution in [0.2, 0.25) is 0 Å². The van der Waals surface area contributed by atoms with Crippen molar-refractivity contribution in [3.8, 4) is 0 Å². The molecule has 0 radical (unpaired) electrons. The van der Waals surface area contributed by atoms with Crippen molar-refractivity contribution < 1.29 is 9.53 Å². The van der Waals surface area contributed by atoms with Crippen LogP contribution in [0, 0.1) is 0 Å². The van der Waals surface area contributed by atoms with E-state index in [-0.39, 0.29) is 11.6 Å². The summed E-state index contributed by atoms with van der Waals surface area (Å²) in [5.74, 6) is 0. The predicted molar refractivity (Wildman–Crippen MR) is 79.9 cm³/mol. The molecule has 0 aromatic carbocycles. The van der Waals surface area contributed by atoms with Gasteiger partial charge in [-0.3, -0.25) is 0 Å². The SMILES string of the molecule is CCc1cnc(CNC(=O)N2CCOC(C)(CC)C2)s1. The first kappa shape index (κ1) is 15.3. The first-order valence-electron chi connectivity index (χ1n) is 7.16. The van der Waals surface area contributed by atoms with Crippen LogP contribution in [0.1, 0.15) is 37.1 Å². The fraction of sp³-hybridized carbons (Fsp3) is 0.714. The summed E-state index contributed by atoms with van der Waals surface area (Å²) in [6.07, 6.45) is 3.78. The van der Waals surface area contributed by atoms with Gasteiger partial charge in [-0.15, -0.1) is 11.3 Å². The number of morpholine rings is 1. The van der Waals surface area contributed by atoms with Crippen molar-refractivity contribution >= 4 is 17.4 Å². The van der Waals surface area contributed by atoms with Crippen molar-refractivity contribution in [2.75, 3.05) is 19.7 Å². The number of ether oxygens (including phenoxy) is 1. The molecule has 2 amide bonds. The first-order valence-corrected chi connectivity index (χ1v) is 7.98. The molecule has 0 aliphatic carbocycles. The van der Waals surface area contributed by atoms with Crippen LogP contribution in [0.25, 0.3) is 0 Å². The number of rotatable bonds is 4. The van der Waals surface area contributed by atoms with Gasteiger partial charge in [-0.1, -0.05) is 13.8 Å². The second kappa shape index (κ2) is 6.54. The number of amides is 2. The van der Waals surface area contributed by atoms with Crippen LogP contribution in [0.15, 0.2) is 6.20 Å². The molecular weight excluding hydrogens is 274 g/mol. The highest BCUT2D eigenvalue weighted by Crippen LogP contribution is 2.21. The number of carbonyl (C=O) groups excluding carboxylic acids is 1. The fourth-order valence-electron chi connectivity index (χ4n) is 2.17. The van der Waals surface area contributed by atoms with Crippen LogP contribution in [0.5, 0.6) is 0 Å². The van der Waals surface area contributed by atoms with Gasteiger partial charge >= 0.3 is 6.03 Å². The molecule has 1 unspecified atom stereocenters. The van der Waals surface area contributed by atoms with E-state index in [1.807, 2.05) is 11.1 Å². The second-order valence-electron chi connectivity index (χ2n) is 5.31.